The number of benzene rings is 1. The Morgan fingerprint density at radius 2 is 1.70 bits per heavy atom. The van der Waals surface area contributed by atoms with Gasteiger partial charge in [-0.3, -0.25) is 4.79 Å². The van der Waals surface area contributed by atoms with E-state index in [0.29, 0.717) is 5.75 Å². The third kappa shape index (κ3) is 4.27. The van der Waals surface area contributed by atoms with Gasteiger partial charge in [0.1, 0.15) is 11.6 Å². The summed E-state index contributed by atoms with van der Waals surface area (Å²) in [4.78, 5) is 28.2. The van der Waals surface area contributed by atoms with E-state index in [1.807, 2.05) is 5.32 Å². The predicted molar refractivity (Wildman–Crippen MR) is 89.1 cm³/mol. The smallest absolute Gasteiger partial charge is 0.441 e. The Morgan fingerprint density at radius 3 is 2.19 bits per heavy atom. The first-order valence-electron chi connectivity index (χ1n) is 7.54. The molecule has 0 spiro atoms. The molecule has 1 amide bonds. The van der Waals surface area contributed by atoms with Crippen LogP contribution >= 0.6 is 0 Å². The maximum atomic E-state index is 13.9. The Labute approximate surface area is 152 Å². The summed E-state index contributed by atoms with van der Waals surface area (Å²) in [6, 6.07) is 9.42. The molecule has 0 unspecified atom stereocenters. The number of aromatic nitrogens is 1. The van der Waals surface area contributed by atoms with Crippen LogP contribution in [0.1, 0.15) is 10.4 Å². The highest BCUT2D eigenvalue weighted by molar-refractivity contribution is 5.99. The lowest BCUT2D eigenvalue weighted by Crippen LogP contribution is -2.69. The molecule has 1 aromatic heterocycles. The Kier molecular flexibility index (Phi) is 5.88. The third-order valence-electron chi connectivity index (χ3n) is 3.55. The number of carbonyl (C=O) groups excluding carboxylic acids is 2. The van der Waals surface area contributed by atoms with Crippen molar-refractivity contribution < 1.29 is 32.2 Å². The van der Waals surface area contributed by atoms with Crippen LogP contribution in [0.4, 0.5) is 19.0 Å². The maximum absolute atomic E-state index is 13.9. The minimum Gasteiger partial charge on any atom is -0.497 e. The normalized spacial score (nSPS) is 13.2. The Hall–Kier alpha value is -3.30. The number of pyridine rings is 1. The summed E-state index contributed by atoms with van der Waals surface area (Å²) in [6.07, 6.45) is -4.01. The van der Waals surface area contributed by atoms with Crippen LogP contribution in [0.3, 0.4) is 0 Å². The summed E-state index contributed by atoms with van der Waals surface area (Å²) < 4.78 is 50.8. The van der Waals surface area contributed by atoms with Gasteiger partial charge in [-0.2, -0.15) is 13.2 Å². The second kappa shape index (κ2) is 7.94. The molecule has 2 N–H and O–H groups in total. The van der Waals surface area contributed by atoms with Crippen LogP contribution in [0, 0.1) is 0 Å². The molecule has 2 aromatic rings. The molecule has 0 saturated carbocycles. The average Bonchev–Trinajstić information content (AvgIpc) is 2.66. The Balaban J connectivity index is 2.43. The number of nitrogens with one attached hydrogen (secondary N) is 2. The molecule has 1 atom stereocenters. The first-order chi connectivity index (χ1) is 12.7. The van der Waals surface area contributed by atoms with Crippen LogP contribution in [-0.2, 0) is 9.53 Å². The summed E-state index contributed by atoms with van der Waals surface area (Å²) in [5, 5.41) is 3.63. The van der Waals surface area contributed by atoms with Gasteiger partial charge in [0.05, 0.1) is 14.2 Å². The van der Waals surface area contributed by atoms with E-state index in [4.69, 9.17) is 4.74 Å². The van der Waals surface area contributed by atoms with E-state index in [1.165, 1.54) is 55.8 Å². The monoisotopic (exact) mass is 383 g/mol. The molecule has 0 aliphatic heterocycles. The molecule has 10 heteroatoms. The van der Waals surface area contributed by atoms with E-state index < -0.39 is 23.7 Å². The fourth-order valence-electron chi connectivity index (χ4n) is 2.16. The molecule has 0 radical (unpaired) electrons. The first-order valence-corrected chi connectivity index (χ1v) is 7.54. The van der Waals surface area contributed by atoms with Gasteiger partial charge in [0.25, 0.3) is 5.91 Å². The molecule has 0 aliphatic rings. The second-order valence-corrected chi connectivity index (χ2v) is 5.26. The van der Waals surface area contributed by atoms with Gasteiger partial charge >= 0.3 is 17.8 Å². The highest BCUT2D eigenvalue weighted by Gasteiger charge is 2.63. The largest absolute Gasteiger partial charge is 0.497 e. The van der Waals surface area contributed by atoms with Crippen LogP contribution in [-0.4, -0.2) is 42.9 Å². The number of esters is 1. The van der Waals surface area contributed by atoms with Crippen molar-refractivity contribution >= 4 is 17.7 Å². The van der Waals surface area contributed by atoms with Crippen LogP contribution < -0.4 is 15.4 Å². The zero-order chi connectivity index (χ0) is 20.1. The average molecular weight is 383 g/mol. The van der Waals surface area contributed by atoms with Gasteiger partial charge in [-0.1, -0.05) is 6.07 Å². The van der Waals surface area contributed by atoms with Gasteiger partial charge in [0.15, 0.2) is 0 Å². The number of halogens is 3. The molecular weight excluding hydrogens is 367 g/mol. The van der Waals surface area contributed by atoms with Crippen molar-refractivity contribution in [1.29, 1.82) is 0 Å². The zero-order valence-electron chi connectivity index (χ0n) is 14.3. The highest BCUT2D eigenvalue weighted by atomic mass is 19.4. The van der Waals surface area contributed by atoms with E-state index in [0.717, 1.165) is 7.11 Å². The summed E-state index contributed by atoms with van der Waals surface area (Å²) >= 11 is 0. The lowest BCUT2D eigenvalue weighted by molar-refractivity contribution is -0.203. The molecule has 0 aliphatic carbocycles. The number of hydrogen-bond donors (Lipinski definition) is 2. The number of alkyl halides is 3. The van der Waals surface area contributed by atoms with Crippen molar-refractivity contribution in [1.82, 2.24) is 10.3 Å². The molecular formula is C17H16F3N3O4. The minimum atomic E-state index is -5.24. The number of anilines is 1. The lowest BCUT2D eigenvalue weighted by Gasteiger charge is -2.34. The Morgan fingerprint density at radius 1 is 1.04 bits per heavy atom. The van der Waals surface area contributed by atoms with Gasteiger partial charge in [-0.25, -0.2) is 9.78 Å². The summed E-state index contributed by atoms with van der Waals surface area (Å²) in [5.41, 5.74) is -3.65. The highest BCUT2D eigenvalue weighted by Crippen LogP contribution is 2.33. The third-order valence-corrected chi connectivity index (χ3v) is 3.55. The van der Waals surface area contributed by atoms with Crippen LogP contribution in [0.5, 0.6) is 5.75 Å². The lowest BCUT2D eigenvalue weighted by atomic mass is 10.1. The molecule has 0 bridgehead atoms. The van der Waals surface area contributed by atoms with Crippen molar-refractivity contribution in [3.63, 3.8) is 0 Å². The van der Waals surface area contributed by atoms with Crippen molar-refractivity contribution in [2.75, 3.05) is 19.5 Å². The van der Waals surface area contributed by atoms with E-state index in [-0.39, 0.29) is 11.4 Å². The standard InChI is InChI=1S/C17H16F3N3O4/c1-26-12-8-6-11(7-9-12)14(24)23-16(15(25)27-2,17(18,19)20)22-13-5-3-4-10-21-13/h3-10H,1-2H3,(H,21,22)(H,23,24)/t16-/m0/s1. The number of amides is 1. The summed E-state index contributed by atoms with van der Waals surface area (Å²) in [6.45, 7) is 0. The SMILES string of the molecule is COC(=O)[C@@](NC(=O)c1ccc(OC)cc1)(Nc1ccccn1)C(F)(F)F. The zero-order valence-corrected chi connectivity index (χ0v) is 14.3. The van der Waals surface area contributed by atoms with Gasteiger partial charge in [-0.05, 0) is 36.4 Å². The number of hydrogen-bond acceptors (Lipinski definition) is 6. The quantitative estimate of drug-likeness (QED) is 0.588. The first kappa shape index (κ1) is 20.0. The van der Waals surface area contributed by atoms with Crippen molar-refractivity contribution in [2.45, 2.75) is 11.8 Å². The molecule has 7 nitrogen and oxygen atoms in total. The fraction of sp³-hybridized carbons (Fsp3) is 0.235. The van der Waals surface area contributed by atoms with Crippen LogP contribution in [0.25, 0.3) is 0 Å². The van der Waals surface area contributed by atoms with Crippen molar-refractivity contribution in [2.24, 2.45) is 0 Å². The van der Waals surface area contributed by atoms with Crippen LogP contribution in [0.15, 0.2) is 48.7 Å². The maximum Gasteiger partial charge on any atom is 0.441 e. The van der Waals surface area contributed by atoms with E-state index >= 15 is 0 Å². The van der Waals surface area contributed by atoms with E-state index in [9.17, 15) is 22.8 Å². The van der Waals surface area contributed by atoms with E-state index in [2.05, 4.69) is 9.72 Å². The number of nitrogens with zero attached hydrogens (tertiary/aromatic N) is 1. The number of methoxy groups -OCH3 is 2. The molecule has 27 heavy (non-hydrogen) atoms. The van der Waals surface area contributed by atoms with Gasteiger partial charge in [0.2, 0.25) is 0 Å². The molecule has 0 saturated heterocycles. The number of carbonyl (C=O) groups is 2. The summed E-state index contributed by atoms with van der Waals surface area (Å²) in [5.74, 6) is -2.77. The molecule has 2 rings (SSSR count). The number of ether oxygens (including phenoxy) is 2. The van der Waals surface area contributed by atoms with Gasteiger partial charge in [-0.15, -0.1) is 0 Å². The van der Waals surface area contributed by atoms with Gasteiger partial charge < -0.3 is 20.1 Å². The molecule has 1 heterocycles. The fourth-order valence-corrected chi connectivity index (χ4v) is 2.16. The predicted octanol–water partition coefficient (Wildman–Crippen LogP) is 2.36. The second-order valence-electron chi connectivity index (χ2n) is 5.26. The van der Waals surface area contributed by atoms with E-state index in [1.54, 1.807) is 5.32 Å². The topological polar surface area (TPSA) is 89.5 Å². The van der Waals surface area contributed by atoms with Crippen molar-refractivity contribution in [3.05, 3.63) is 54.2 Å². The number of rotatable bonds is 6. The Bertz CT molecular complexity index is 797. The van der Waals surface area contributed by atoms with Crippen LogP contribution in [0.2, 0.25) is 0 Å². The van der Waals surface area contributed by atoms with Crippen molar-refractivity contribution in [3.8, 4) is 5.75 Å². The molecule has 0 fully saturated rings. The van der Waals surface area contributed by atoms with Gasteiger partial charge in [0, 0.05) is 11.8 Å². The minimum absolute atomic E-state index is 0.115. The molecule has 1 aromatic carbocycles. The molecule has 144 valence electrons. The summed E-state index contributed by atoms with van der Waals surface area (Å²) in [7, 11) is 2.18.